The Morgan fingerprint density at radius 1 is 0.966 bits per heavy atom. The molecule has 0 saturated carbocycles. The molecule has 1 aliphatic carbocycles. The number of benzene rings is 2. The first-order valence-electron chi connectivity index (χ1n) is 10.9. The fourth-order valence-electron chi connectivity index (χ4n) is 5.11. The normalized spacial score (nSPS) is 18.4. The van der Waals surface area contributed by atoms with E-state index in [-0.39, 0.29) is 12.4 Å². The molecule has 0 saturated heterocycles. The maximum absolute atomic E-state index is 6.26. The second-order valence-electron chi connectivity index (χ2n) is 8.31. The van der Waals surface area contributed by atoms with Crippen molar-refractivity contribution in [1.82, 2.24) is 10.3 Å². The van der Waals surface area contributed by atoms with Crippen molar-refractivity contribution in [3.05, 3.63) is 64.8 Å². The Bertz CT molecular complexity index is 965. The number of rotatable bonds is 5. The molecule has 1 aromatic heterocycles. The number of fused-ring (bicyclic) bond motifs is 4. The number of ether oxygens (including phenoxy) is 1. The number of halogens is 1. The molecule has 154 valence electrons. The first-order valence-corrected chi connectivity index (χ1v) is 10.9. The highest BCUT2D eigenvalue weighted by atomic mass is 35.5. The largest absolute Gasteiger partial charge is 0.493 e. The highest BCUT2D eigenvalue weighted by molar-refractivity contribution is 5.85. The second-order valence-corrected chi connectivity index (χ2v) is 8.31. The van der Waals surface area contributed by atoms with Crippen LogP contribution in [0, 0.1) is 0 Å². The molecule has 3 aromatic rings. The number of aromatic nitrogens is 1. The third kappa shape index (κ3) is 4.17. The lowest BCUT2D eigenvalue weighted by Gasteiger charge is -2.20. The Kier molecular flexibility index (Phi) is 6.46. The summed E-state index contributed by atoms with van der Waals surface area (Å²) in [6.07, 6.45) is 8.35. The van der Waals surface area contributed by atoms with Crippen LogP contribution in [0.4, 0.5) is 0 Å². The van der Waals surface area contributed by atoms with Gasteiger partial charge in [-0.1, -0.05) is 30.3 Å². The van der Waals surface area contributed by atoms with Gasteiger partial charge in [-0.05, 0) is 73.3 Å². The minimum atomic E-state index is 0. The number of para-hydroxylation sites is 1. The van der Waals surface area contributed by atoms with E-state index in [9.17, 15) is 0 Å². The van der Waals surface area contributed by atoms with Gasteiger partial charge in [0.2, 0.25) is 0 Å². The fraction of sp³-hybridized carbons (Fsp3) is 0.440. The zero-order valence-corrected chi connectivity index (χ0v) is 17.8. The Morgan fingerprint density at radius 3 is 2.83 bits per heavy atom. The van der Waals surface area contributed by atoms with Gasteiger partial charge in [0.1, 0.15) is 5.75 Å². The summed E-state index contributed by atoms with van der Waals surface area (Å²) < 4.78 is 6.26. The van der Waals surface area contributed by atoms with Crippen LogP contribution in [0.2, 0.25) is 0 Å². The Balaban J connectivity index is 0.00000205. The van der Waals surface area contributed by atoms with Gasteiger partial charge in [-0.3, -0.25) is 0 Å². The molecule has 3 nitrogen and oxygen atoms in total. The first kappa shape index (κ1) is 20.3. The zero-order chi connectivity index (χ0) is 18.8. The summed E-state index contributed by atoms with van der Waals surface area (Å²) in [6.45, 7) is 2.93. The highest BCUT2D eigenvalue weighted by Gasteiger charge is 2.23. The predicted octanol–water partition coefficient (Wildman–Crippen LogP) is 5.56. The average molecular weight is 411 g/mol. The SMILES string of the molecule is Cl.c1cc2c(c(OCCCC3CNCCc4[nH]c5ccccc5c43)c1)CCCC2. The van der Waals surface area contributed by atoms with Gasteiger partial charge in [0.15, 0.2) is 0 Å². The van der Waals surface area contributed by atoms with Crippen molar-refractivity contribution in [2.24, 2.45) is 0 Å². The van der Waals surface area contributed by atoms with Crippen LogP contribution in [0.3, 0.4) is 0 Å². The molecule has 4 heteroatoms. The molecule has 1 atom stereocenters. The Morgan fingerprint density at radius 2 is 1.86 bits per heavy atom. The van der Waals surface area contributed by atoms with Crippen molar-refractivity contribution in [3.63, 3.8) is 0 Å². The summed E-state index contributed by atoms with van der Waals surface area (Å²) in [5.41, 5.74) is 7.21. The summed E-state index contributed by atoms with van der Waals surface area (Å²) in [7, 11) is 0. The molecule has 0 fully saturated rings. The molecular formula is C25H31ClN2O. The van der Waals surface area contributed by atoms with Crippen LogP contribution < -0.4 is 10.1 Å². The van der Waals surface area contributed by atoms with E-state index in [0.29, 0.717) is 5.92 Å². The number of aromatic amines is 1. The molecule has 29 heavy (non-hydrogen) atoms. The van der Waals surface area contributed by atoms with E-state index >= 15 is 0 Å². The Labute approximate surface area is 179 Å². The summed E-state index contributed by atoms with van der Waals surface area (Å²) in [4.78, 5) is 3.67. The topological polar surface area (TPSA) is 37.0 Å². The van der Waals surface area contributed by atoms with Gasteiger partial charge in [-0.25, -0.2) is 0 Å². The molecule has 2 aliphatic rings. The summed E-state index contributed by atoms with van der Waals surface area (Å²) >= 11 is 0. The molecule has 0 amide bonds. The molecule has 0 spiro atoms. The van der Waals surface area contributed by atoms with Gasteiger partial charge in [0.05, 0.1) is 6.61 Å². The molecule has 2 aromatic carbocycles. The maximum atomic E-state index is 6.26. The fourth-order valence-corrected chi connectivity index (χ4v) is 5.11. The third-order valence-corrected chi connectivity index (χ3v) is 6.49. The number of nitrogens with one attached hydrogen (secondary N) is 2. The molecule has 2 heterocycles. The van der Waals surface area contributed by atoms with E-state index in [0.717, 1.165) is 44.7 Å². The van der Waals surface area contributed by atoms with Gasteiger partial charge < -0.3 is 15.0 Å². The van der Waals surface area contributed by atoms with Crippen LogP contribution in [-0.4, -0.2) is 24.7 Å². The van der Waals surface area contributed by atoms with Crippen LogP contribution in [0.25, 0.3) is 10.9 Å². The number of H-pyrrole nitrogens is 1. The smallest absolute Gasteiger partial charge is 0.122 e. The lowest BCUT2D eigenvalue weighted by atomic mass is 9.91. The molecule has 5 rings (SSSR count). The van der Waals surface area contributed by atoms with Crippen LogP contribution in [-0.2, 0) is 19.3 Å². The van der Waals surface area contributed by atoms with Crippen molar-refractivity contribution < 1.29 is 4.74 Å². The minimum absolute atomic E-state index is 0. The van der Waals surface area contributed by atoms with Crippen LogP contribution in [0.1, 0.15) is 54.0 Å². The zero-order valence-electron chi connectivity index (χ0n) is 17.0. The predicted molar refractivity (Wildman–Crippen MR) is 123 cm³/mol. The van der Waals surface area contributed by atoms with E-state index < -0.39 is 0 Å². The number of hydrogen-bond acceptors (Lipinski definition) is 2. The lowest BCUT2D eigenvalue weighted by molar-refractivity contribution is 0.296. The van der Waals surface area contributed by atoms with Crippen molar-refractivity contribution in [1.29, 1.82) is 0 Å². The number of aryl methyl sites for hydroxylation is 1. The van der Waals surface area contributed by atoms with Gasteiger partial charge >= 0.3 is 0 Å². The van der Waals surface area contributed by atoms with Crippen LogP contribution in [0.5, 0.6) is 5.75 Å². The third-order valence-electron chi connectivity index (χ3n) is 6.49. The summed E-state index contributed by atoms with van der Waals surface area (Å²) in [5, 5.41) is 5.04. The molecule has 1 unspecified atom stereocenters. The standard InChI is InChI=1S/C25H30N2O.ClH/c1-2-10-20-18(7-1)8-5-13-24(20)28-16-6-9-19-17-26-15-14-23-25(19)21-11-3-4-12-22(21)27-23;/h3-5,8,11-13,19,26-27H,1-2,6-7,9-10,14-17H2;1H. The molecule has 2 N–H and O–H groups in total. The van der Waals surface area contributed by atoms with Crippen LogP contribution >= 0.6 is 12.4 Å². The van der Waals surface area contributed by atoms with Gasteiger partial charge in [0, 0.05) is 36.1 Å². The molecule has 0 bridgehead atoms. The van der Waals surface area contributed by atoms with Gasteiger partial charge in [-0.2, -0.15) is 0 Å². The van der Waals surface area contributed by atoms with Crippen molar-refractivity contribution in [2.45, 2.75) is 50.9 Å². The van der Waals surface area contributed by atoms with E-state index in [1.165, 1.54) is 59.0 Å². The van der Waals surface area contributed by atoms with Gasteiger partial charge in [-0.15, -0.1) is 12.4 Å². The number of hydrogen-bond donors (Lipinski definition) is 2. The second kappa shape index (κ2) is 9.23. The first-order chi connectivity index (χ1) is 13.9. The summed E-state index contributed by atoms with van der Waals surface area (Å²) in [5.74, 6) is 1.69. The van der Waals surface area contributed by atoms with Crippen LogP contribution in [0.15, 0.2) is 42.5 Å². The lowest BCUT2D eigenvalue weighted by Crippen LogP contribution is -2.20. The highest BCUT2D eigenvalue weighted by Crippen LogP contribution is 2.34. The van der Waals surface area contributed by atoms with Crippen molar-refractivity contribution >= 4 is 23.3 Å². The van der Waals surface area contributed by atoms with E-state index in [1.807, 2.05) is 0 Å². The molecular weight excluding hydrogens is 380 g/mol. The minimum Gasteiger partial charge on any atom is -0.493 e. The van der Waals surface area contributed by atoms with Crippen molar-refractivity contribution in [3.8, 4) is 5.75 Å². The molecule has 0 radical (unpaired) electrons. The average Bonchev–Trinajstić information content (AvgIpc) is 2.99. The monoisotopic (exact) mass is 410 g/mol. The van der Waals surface area contributed by atoms with E-state index in [2.05, 4.69) is 52.8 Å². The Hall–Kier alpha value is -1.97. The maximum Gasteiger partial charge on any atom is 0.122 e. The molecule has 1 aliphatic heterocycles. The van der Waals surface area contributed by atoms with Crippen molar-refractivity contribution in [2.75, 3.05) is 19.7 Å². The van der Waals surface area contributed by atoms with Gasteiger partial charge in [0.25, 0.3) is 0 Å². The summed E-state index contributed by atoms with van der Waals surface area (Å²) in [6, 6.07) is 15.4. The van der Waals surface area contributed by atoms with E-state index in [1.54, 1.807) is 0 Å². The van der Waals surface area contributed by atoms with E-state index in [4.69, 9.17) is 4.74 Å². The quantitative estimate of drug-likeness (QED) is 0.540.